The molecule has 142 valence electrons. The molecular formula is C19H26N2O5. The van der Waals surface area contributed by atoms with Gasteiger partial charge in [0.2, 0.25) is 0 Å². The van der Waals surface area contributed by atoms with E-state index in [1.165, 1.54) is 7.11 Å². The Morgan fingerprint density at radius 3 is 2.58 bits per heavy atom. The fourth-order valence-electron chi connectivity index (χ4n) is 2.93. The molecule has 1 unspecified atom stereocenters. The monoisotopic (exact) mass is 362 g/mol. The standard InChI is InChI=1S/C19H26N2O5/c1-5-8-13-15(18(22)25-4)16(21-19(23)20-13)12-9-7-10-14(24-3)17(12)26-11-6-2/h7,9-10,16H,5-6,8,11H2,1-4H3,(H2,20,21,23). The third kappa shape index (κ3) is 4.09. The van der Waals surface area contributed by atoms with Crippen molar-refractivity contribution in [1.82, 2.24) is 10.6 Å². The third-order valence-electron chi connectivity index (χ3n) is 4.05. The first-order chi connectivity index (χ1) is 12.6. The first kappa shape index (κ1) is 19.6. The van der Waals surface area contributed by atoms with E-state index >= 15 is 0 Å². The van der Waals surface area contributed by atoms with Gasteiger partial charge in [-0.2, -0.15) is 0 Å². The maximum Gasteiger partial charge on any atom is 0.337 e. The number of amides is 2. The number of allylic oxidation sites excluding steroid dienone is 1. The van der Waals surface area contributed by atoms with E-state index in [4.69, 9.17) is 14.2 Å². The molecule has 2 rings (SSSR count). The lowest BCUT2D eigenvalue weighted by Gasteiger charge is -2.30. The number of esters is 1. The van der Waals surface area contributed by atoms with Crippen LogP contribution in [-0.2, 0) is 9.53 Å². The van der Waals surface area contributed by atoms with Gasteiger partial charge in [-0.05, 0) is 18.9 Å². The zero-order valence-corrected chi connectivity index (χ0v) is 15.7. The van der Waals surface area contributed by atoms with Crippen molar-refractivity contribution in [2.24, 2.45) is 0 Å². The first-order valence-electron chi connectivity index (χ1n) is 8.75. The first-order valence-corrected chi connectivity index (χ1v) is 8.75. The quantitative estimate of drug-likeness (QED) is 0.694. The Kier molecular flexibility index (Phi) is 6.89. The second-order valence-electron chi connectivity index (χ2n) is 5.89. The highest BCUT2D eigenvalue weighted by Gasteiger charge is 2.35. The van der Waals surface area contributed by atoms with Crippen LogP contribution in [0.1, 0.15) is 44.7 Å². The topological polar surface area (TPSA) is 85.9 Å². The van der Waals surface area contributed by atoms with E-state index in [2.05, 4.69) is 10.6 Å². The number of carbonyl (C=O) groups is 2. The average molecular weight is 362 g/mol. The molecule has 0 saturated carbocycles. The van der Waals surface area contributed by atoms with Crippen LogP contribution >= 0.6 is 0 Å². The fourth-order valence-corrected chi connectivity index (χ4v) is 2.93. The molecule has 0 aliphatic carbocycles. The maximum absolute atomic E-state index is 12.5. The van der Waals surface area contributed by atoms with Crippen LogP contribution in [0.25, 0.3) is 0 Å². The highest BCUT2D eigenvalue weighted by molar-refractivity contribution is 5.95. The Morgan fingerprint density at radius 1 is 1.19 bits per heavy atom. The minimum Gasteiger partial charge on any atom is -0.493 e. The smallest absolute Gasteiger partial charge is 0.337 e. The van der Waals surface area contributed by atoms with Gasteiger partial charge in [0, 0.05) is 11.3 Å². The van der Waals surface area contributed by atoms with E-state index in [0.29, 0.717) is 41.4 Å². The summed E-state index contributed by atoms with van der Waals surface area (Å²) in [6.45, 7) is 4.47. The van der Waals surface area contributed by atoms with Crippen molar-refractivity contribution < 1.29 is 23.8 Å². The van der Waals surface area contributed by atoms with Gasteiger partial charge in [0.25, 0.3) is 0 Å². The van der Waals surface area contributed by atoms with Crippen LogP contribution in [-0.4, -0.2) is 32.8 Å². The van der Waals surface area contributed by atoms with Crippen molar-refractivity contribution in [2.75, 3.05) is 20.8 Å². The predicted octanol–water partition coefficient (Wildman–Crippen LogP) is 3.07. The van der Waals surface area contributed by atoms with E-state index in [-0.39, 0.29) is 6.03 Å². The van der Waals surface area contributed by atoms with Crippen molar-refractivity contribution in [2.45, 2.75) is 39.2 Å². The summed E-state index contributed by atoms with van der Waals surface area (Å²) in [5.41, 5.74) is 1.60. The molecule has 1 aliphatic rings. The molecule has 7 nitrogen and oxygen atoms in total. The molecule has 0 bridgehead atoms. The number of ether oxygens (including phenoxy) is 3. The lowest BCUT2D eigenvalue weighted by Crippen LogP contribution is -2.46. The summed E-state index contributed by atoms with van der Waals surface area (Å²) in [5.74, 6) is 0.571. The van der Waals surface area contributed by atoms with E-state index in [9.17, 15) is 9.59 Å². The Bertz CT molecular complexity index is 699. The summed E-state index contributed by atoms with van der Waals surface area (Å²) >= 11 is 0. The summed E-state index contributed by atoms with van der Waals surface area (Å²) in [5, 5.41) is 5.54. The minimum atomic E-state index is -0.681. The molecule has 1 heterocycles. The average Bonchev–Trinajstić information content (AvgIpc) is 2.65. The number of urea groups is 1. The number of hydrogen-bond acceptors (Lipinski definition) is 5. The number of para-hydroxylation sites is 1. The van der Waals surface area contributed by atoms with Crippen molar-refractivity contribution in [3.8, 4) is 11.5 Å². The number of carbonyl (C=O) groups excluding carboxylic acids is 2. The van der Waals surface area contributed by atoms with Gasteiger partial charge in [0.1, 0.15) is 0 Å². The maximum atomic E-state index is 12.5. The van der Waals surface area contributed by atoms with Crippen molar-refractivity contribution >= 4 is 12.0 Å². The number of methoxy groups -OCH3 is 2. The van der Waals surface area contributed by atoms with E-state index in [1.54, 1.807) is 19.2 Å². The molecule has 2 amide bonds. The van der Waals surface area contributed by atoms with E-state index < -0.39 is 12.0 Å². The van der Waals surface area contributed by atoms with E-state index in [1.807, 2.05) is 19.9 Å². The largest absolute Gasteiger partial charge is 0.493 e. The van der Waals surface area contributed by atoms with Gasteiger partial charge in [-0.15, -0.1) is 0 Å². The van der Waals surface area contributed by atoms with Crippen LogP contribution in [0.4, 0.5) is 4.79 Å². The zero-order chi connectivity index (χ0) is 19.1. The summed E-state index contributed by atoms with van der Waals surface area (Å²) in [7, 11) is 2.88. The molecule has 2 N–H and O–H groups in total. The molecule has 0 fully saturated rings. The van der Waals surface area contributed by atoms with Crippen LogP contribution in [0, 0.1) is 0 Å². The van der Waals surface area contributed by atoms with Gasteiger partial charge in [0.15, 0.2) is 11.5 Å². The van der Waals surface area contributed by atoms with Gasteiger partial charge in [-0.3, -0.25) is 0 Å². The third-order valence-corrected chi connectivity index (χ3v) is 4.05. The molecular weight excluding hydrogens is 336 g/mol. The molecule has 1 aliphatic heterocycles. The second kappa shape index (κ2) is 9.12. The van der Waals surface area contributed by atoms with Gasteiger partial charge in [0.05, 0.1) is 32.4 Å². The van der Waals surface area contributed by atoms with Gasteiger partial charge < -0.3 is 24.8 Å². The zero-order valence-electron chi connectivity index (χ0n) is 15.7. The summed E-state index contributed by atoms with van der Waals surface area (Å²) in [6.07, 6.45) is 2.15. The number of benzene rings is 1. The van der Waals surface area contributed by atoms with E-state index in [0.717, 1.165) is 12.8 Å². The molecule has 0 radical (unpaired) electrons. The Balaban J connectivity index is 2.61. The van der Waals surface area contributed by atoms with Crippen LogP contribution in [0.5, 0.6) is 11.5 Å². The lowest BCUT2D eigenvalue weighted by atomic mass is 9.93. The molecule has 1 aromatic carbocycles. The highest BCUT2D eigenvalue weighted by atomic mass is 16.5. The van der Waals surface area contributed by atoms with Crippen molar-refractivity contribution in [3.63, 3.8) is 0 Å². The lowest BCUT2D eigenvalue weighted by molar-refractivity contribution is -0.136. The van der Waals surface area contributed by atoms with Crippen LogP contribution in [0.2, 0.25) is 0 Å². The Morgan fingerprint density at radius 2 is 1.96 bits per heavy atom. The second-order valence-corrected chi connectivity index (χ2v) is 5.89. The summed E-state index contributed by atoms with van der Waals surface area (Å²) < 4.78 is 16.3. The normalized spacial score (nSPS) is 16.6. The number of nitrogens with one attached hydrogen (secondary N) is 2. The molecule has 0 saturated heterocycles. The van der Waals surface area contributed by atoms with Crippen LogP contribution < -0.4 is 20.1 Å². The molecule has 26 heavy (non-hydrogen) atoms. The van der Waals surface area contributed by atoms with Crippen LogP contribution in [0.3, 0.4) is 0 Å². The van der Waals surface area contributed by atoms with Crippen molar-refractivity contribution in [3.05, 3.63) is 35.0 Å². The van der Waals surface area contributed by atoms with Gasteiger partial charge in [-0.25, -0.2) is 9.59 Å². The molecule has 0 aromatic heterocycles. The number of rotatable bonds is 8. The predicted molar refractivity (Wildman–Crippen MR) is 97.1 cm³/mol. The molecule has 1 aromatic rings. The minimum absolute atomic E-state index is 0.365. The van der Waals surface area contributed by atoms with Crippen molar-refractivity contribution in [1.29, 1.82) is 0 Å². The molecule has 7 heteroatoms. The number of hydrogen-bond donors (Lipinski definition) is 2. The van der Waals surface area contributed by atoms with Crippen LogP contribution in [0.15, 0.2) is 29.5 Å². The highest BCUT2D eigenvalue weighted by Crippen LogP contribution is 2.39. The van der Waals surface area contributed by atoms with Gasteiger partial charge in [-0.1, -0.05) is 32.4 Å². The fraction of sp³-hybridized carbons (Fsp3) is 0.474. The SMILES string of the molecule is CCCOc1c(OC)cccc1C1NC(=O)NC(CCC)=C1C(=O)OC. The van der Waals surface area contributed by atoms with Gasteiger partial charge >= 0.3 is 12.0 Å². The Labute approximate surface area is 153 Å². The Hall–Kier alpha value is -2.70. The molecule has 1 atom stereocenters. The molecule has 0 spiro atoms. The summed E-state index contributed by atoms with van der Waals surface area (Å²) in [6, 6.07) is 4.35. The summed E-state index contributed by atoms with van der Waals surface area (Å²) in [4.78, 5) is 24.7.